The molecule has 1 aliphatic heterocycles. The van der Waals surface area contributed by atoms with E-state index in [-0.39, 0.29) is 0 Å². The zero-order valence-electron chi connectivity index (χ0n) is 13.0. The van der Waals surface area contributed by atoms with Crippen LogP contribution in [0.5, 0.6) is 5.75 Å². The van der Waals surface area contributed by atoms with Gasteiger partial charge in [0.15, 0.2) is 0 Å². The molecule has 3 rings (SSSR count). The summed E-state index contributed by atoms with van der Waals surface area (Å²) in [5.41, 5.74) is 3.54. The van der Waals surface area contributed by atoms with Crippen LogP contribution in [0.1, 0.15) is 24.0 Å². The van der Waals surface area contributed by atoms with E-state index >= 15 is 0 Å². The van der Waals surface area contributed by atoms with Gasteiger partial charge in [-0.25, -0.2) is 0 Å². The largest absolute Gasteiger partial charge is 0.487 e. The van der Waals surface area contributed by atoms with Gasteiger partial charge >= 0.3 is 0 Å². The Balaban J connectivity index is 1.68. The molecule has 0 spiro atoms. The van der Waals surface area contributed by atoms with Crippen LogP contribution in [-0.2, 0) is 6.61 Å². The molecule has 1 fully saturated rings. The van der Waals surface area contributed by atoms with E-state index in [1.165, 1.54) is 17.5 Å². The van der Waals surface area contributed by atoms with Gasteiger partial charge in [0.2, 0.25) is 0 Å². The topological polar surface area (TPSA) is 25.4 Å². The van der Waals surface area contributed by atoms with Crippen molar-refractivity contribution >= 4 is 5.69 Å². The third-order valence-electron chi connectivity index (χ3n) is 4.13. The first-order valence-electron chi connectivity index (χ1n) is 7.79. The molecule has 0 amide bonds. The lowest BCUT2D eigenvalue weighted by atomic mass is 10.2. The minimum absolute atomic E-state index is 0.411. The van der Waals surface area contributed by atoms with E-state index in [1.54, 1.807) is 6.20 Å². The molecule has 1 saturated heterocycles. The lowest BCUT2D eigenvalue weighted by Gasteiger charge is -2.24. The van der Waals surface area contributed by atoms with Crippen LogP contribution >= 0.6 is 0 Å². The summed E-state index contributed by atoms with van der Waals surface area (Å²) in [6.45, 7) is 7.64. The summed E-state index contributed by atoms with van der Waals surface area (Å²) in [6.07, 6.45) is 8.06. The van der Waals surface area contributed by atoms with Crippen molar-refractivity contribution < 1.29 is 4.74 Å². The third-order valence-corrected chi connectivity index (χ3v) is 4.13. The van der Waals surface area contributed by atoms with Gasteiger partial charge in [0.1, 0.15) is 12.4 Å². The predicted molar refractivity (Wildman–Crippen MR) is 90.3 cm³/mol. The van der Waals surface area contributed by atoms with Crippen LogP contribution in [0.4, 0.5) is 5.69 Å². The molecule has 22 heavy (non-hydrogen) atoms. The Morgan fingerprint density at radius 2 is 2.14 bits per heavy atom. The maximum absolute atomic E-state index is 5.89. The van der Waals surface area contributed by atoms with Gasteiger partial charge in [-0.05, 0) is 25.3 Å². The van der Waals surface area contributed by atoms with E-state index in [1.807, 2.05) is 12.3 Å². The standard InChI is InChI=1S/C19H22N2O/c1-3-17-5-4-10-21(17)18-11-19(13-20-12-18)22-14-16-8-6-15(2)7-9-16/h3,6-9,11-13,17H,1,4-5,10,14H2,2H3. The van der Waals surface area contributed by atoms with Gasteiger partial charge in [-0.1, -0.05) is 35.9 Å². The first-order chi connectivity index (χ1) is 10.8. The van der Waals surface area contributed by atoms with Gasteiger partial charge in [-0.15, -0.1) is 6.58 Å². The molecule has 1 aromatic carbocycles. The van der Waals surface area contributed by atoms with Crippen LogP contribution in [0, 0.1) is 6.92 Å². The molecule has 3 nitrogen and oxygen atoms in total. The Labute approximate surface area is 132 Å². The molecule has 1 unspecified atom stereocenters. The summed E-state index contributed by atoms with van der Waals surface area (Å²) < 4.78 is 5.89. The number of ether oxygens (including phenoxy) is 1. The molecule has 0 saturated carbocycles. The maximum Gasteiger partial charge on any atom is 0.140 e. The summed E-state index contributed by atoms with van der Waals surface area (Å²) in [6, 6.07) is 10.9. The molecule has 1 atom stereocenters. The van der Waals surface area contributed by atoms with Crippen molar-refractivity contribution in [2.24, 2.45) is 0 Å². The van der Waals surface area contributed by atoms with Crippen molar-refractivity contribution in [3.8, 4) is 5.75 Å². The van der Waals surface area contributed by atoms with E-state index in [0.717, 1.165) is 24.4 Å². The monoisotopic (exact) mass is 294 g/mol. The highest BCUT2D eigenvalue weighted by Crippen LogP contribution is 2.28. The minimum atomic E-state index is 0.411. The summed E-state index contributed by atoms with van der Waals surface area (Å²) in [5, 5.41) is 0. The fourth-order valence-electron chi connectivity index (χ4n) is 2.85. The minimum Gasteiger partial charge on any atom is -0.487 e. The summed E-state index contributed by atoms with van der Waals surface area (Å²) >= 11 is 0. The SMILES string of the molecule is C=CC1CCCN1c1cncc(OCc2ccc(C)cc2)c1. The predicted octanol–water partition coefficient (Wildman–Crippen LogP) is 4.12. The smallest absolute Gasteiger partial charge is 0.140 e. The van der Waals surface area contributed by atoms with Crippen molar-refractivity contribution in [1.82, 2.24) is 4.98 Å². The third kappa shape index (κ3) is 3.30. The van der Waals surface area contributed by atoms with Gasteiger partial charge in [0.05, 0.1) is 18.1 Å². The molecule has 3 heteroatoms. The Bertz CT molecular complexity index is 636. The van der Waals surface area contributed by atoms with Gasteiger partial charge in [0, 0.05) is 18.7 Å². The molecule has 2 heterocycles. The van der Waals surface area contributed by atoms with Crippen LogP contribution in [0.3, 0.4) is 0 Å². The lowest BCUT2D eigenvalue weighted by Crippen LogP contribution is -2.27. The number of aryl methyl sites for hydroxylation is 1. The van der Waals surface area contributed by atoms with Crippen molar-refractivity contribution in [3.63, 3.8) is 0 Å². The molecule has 0 bridgehead atoms. The molecule has 0 aliphatic carbocycles. The number of aromatic nitrogens is 1. The highest BCUT2D eigenvalue weighted by molar-refractivity contribution is 5.50. The molecule has 2 aromatic rings. The average Bonchev–Trinajstić information content (AvgIpc) is 3.03. The van der Waals surface area contributed by atoms with Crippen LogP contribution in [0.25, 0.3) is 0 Å². The second kappa shape index (κ2) is 6.65. The number of pyridine rings is 1. The van der Waals surface area contributed by atoms with Gasteiger partial charge in [-0.3, -0.25) is 4.98 Å². The Morgan fingerprint density at radius 1 is 1.32 bits per heavy atom. The summed E-state index contributed by atoms with van der Waals surface area (Å²) in [5.74, 6) is 0.813. The summed E-state index contributed by atoms with van der Waals surface area (Å²) in [4.78, 5) is 6.67. The fourth-order valence-corrected chi connectivity index (χ4v) is 2.85. The first kappa shape index (κ1) is 14.6. The number of rotatable bonds is 5. The second-order valence-electron chi connectivity index (χ2n) is 5.79. The van der Waals surface area contributed by atoms with E-state index in [2.05, 4.69) is 53.7 Å². The van der Waals surface area contributed by atoms with Crippen molar-refractivity contribution in [2.45, 2.75) is 32.4 Å². The number of benzene rings is 1. The number of anilines is 1. The Morgan fingerprint density at radius 3 is 2.91 bits per heavy atom. The fraction of sp³-hybridized carbons (Fsp3) is 0.316. The first-order valence-corrected chi connectivity index (χ1v) is 7.79. The zero-order valence-corrected chi connectivity index (χ0v) is 13.0. The second-order valence-corrected chi connectivity index (χ2v) is 5.79. The molecule has 0 radical (unpaired) electrons. The quantitative estimate of drug-likeness (QED) is 0.776. The van der Waals surface area contributed by atoms with Gasteiger partial charge in [0.25, 0.3) is 0 Å². The van der Waals surface area contributed by atoms with Gasteiger partial charge in [-0.2, -0.15) is 0 Å². The molecule has 1 aromatic heterocycles. The van der Waals surface area contributed by atoms with Crippen LogP contribution in [-0.4, -0.2) is 17.6 Å². The Hall–Kier alpha value is -2.29. The maximum atomic E-state index is 5.89. The molecular formula is C19H22N2O. The van der Waals surface area contributed by atoms with Crippen LogP contribution in [0.2, 0.25) is 0 Å². The zero-order chi connectivity index (χ0) is 15.4. The van der Waals surface area contributed by atoms with Gasteiger partial charge < -0.3 is 9.64 Å². The van der Waals surface area contributed by atoms with Crippen molar-refractivity contribution in [3.05, 3.63) is 66.5 Å². The lowest BCUT2D eigenvalue weighted by molar-refractivity contribution is 0.305. The molecule has 1 aliphatic rings. The summed E-state index contributed by atoms with van der Waals surface area (Å²) in [7, 11) is 0. The van der Waals surface area contributed by atoms with E-state index in [4.69, 9.17) is 4.74 Å². The highest BCUT2D eigenvalue weighted by atomic mass is 16.5. The molecule has 114 valence electrons. The van der Waals surface area contributed by atoms with E-state index in [0.29, 0.717) is 12.6 Å². The number of nitrogens with zero attached hydrogens (tertiary/aromatic N) is 2. The van der Waals surface area contributed by atoms with E-state index in [9.17, 15) is 0 Å². The molecular weight excluding hydrogens is 272 g/mol. The van der Waals surface area contributed by atoms with Crippen molar-refractivity contribution in [1.29, 1.82) is 0 Å². The van der Waals surface area contributed by atoms with Crippen molar-refractivity contribution in [2.75, 3.05) is 11.4 Å². The van der Waals surface area contributed by atoms with E-state index < -0.39 is 0 Å². The normalized spacial score (nSPS) is 17.5. The van der Waals surface area contributed by atoms with Crippen LogP contribution in [0.15, 0.2) is 55.4 Å². The Kier molecular flexibility index (Phi) is 4.42. The highest BCUT2D eigenvalue weighted by Gasteiger charge is 2.22. The van der Waals surface area contributed by atoms with Crippen LogP contribution < -0.4 is 9.64 Å². The average molecular weight is 294 g/mol. The number of hydrogen-bond acceptors (Lipinski definition) is 3. The molecule has 0 N–H and O–H groups in total. The number of hydrogen-bond donors (Lipinski definition) is 0.